The highest BCUT2D eigenvalue weighted by molar-refractivity contribution is 5.75. The van der Waals surface area contributed by atoms with Crippen LogP contribution in [0.5, 0.6) is 0 Å². The first-order chi connectivity index (χ1) is 6.20. The fraction of sp³-hybridized carbons (Fsp3) is 0.889. The Balaban J connectivity index is 2.20. The van der Waals surface area contributed by atoms with E-state index >= 15 is 0 Å². The van der Waals surface area contributed by atoms with Crippen molar-refractivity contribution in [2.24, 2.45) is 11.7 Å². The lowest BCUT2D eigenvalue weighted by Gasteiger charge is -2.28. The Labute approximate surface area is 78.8 Å². The summed E-state index contributed by atoms with van der Waals surface area (Å²) < 4.78 is 5.26. The number of nitrogens with one attached hydrogen (secondary N) is 1. The van der Waals surface area contributed by atoms with E-state index in [1.165, 1.54) is 0 Å². The summed E-state index contributed by atoms with van der Waals surface area (Å²) in [4.78, 5) is 10.5. The highest BCUT2D eigenvalue weighted by Gasteiger charge is 2.19. The summed E-state index contributed by atoms with van der Waals surface area (Å²) in [7, 11) is 0. The maximum absolute atomic E-state index is 10.5. The molecule has 0 bridgehead atoms. The van der Waals surface area contributed by atoms with Gasteiger partial charge >= 0.3 is 0 Å². The van der Waals surface area contributed by atoms with Crippen molar-refractivity contribution in [2.75, 3.05) is 19.8 Å². The largest absolute Gasteiger partial charge is 0.381 e. The van der Waals surface area contributed by atoms with E-state index in [2.05, 4.69) is 12.2 Å². The molecule has 1 aliphatic rings. The predicted octanol–water partition coefficient (Wildman–Crippen LogP) is -0.124. The molecule has 0 saturated carbocycles. The van der Waals surface area contributed by atoms with Crippen molar-refractivity contribution >= 4 is 5.91 Å². The Hall–Kier alpha value is -0.610. The summed E-state index contributed by atoms with van der Waals surface area (Å²) in [6.45, 7) is 4.05. The van der Waals surface area contributed by atoms with Crippen LogP contribution in [0.25, 0.3) is 0 Å². The Morgan fingerprint density at radius 1 is 1.62 bits per heavy atom. The minimum absolute atomic E-state index is 0.276. The van der Waals surface area contributed by atoms with Crippen LogP contribution in [0.15, 0.2) is 0 Å². The summed E-state index contributed by atoms with van der Waals surface area (Å²) in [5, 5.41) is 3.12. The molecule has 3 N–H and O–H groups in total. The van der Waals surface area contributed by atoms with Crippen LogP contribution in [0.4, 0.5) is 0 Å². The monoisotopic (exact) mass is 186 g/mol. The number of hydrogen-bond acceptors (Lipinski definition) is 3. The van der Waals surface area contributed by atoms with Crippen LogP contribution in [0.3, 0.4) is 0 Å². The number of carbonyl (C=O) groups excluding carboxylic acids is 1. The molecular formula is C9H18N2O2. The average Bonchev–Trinajstić information content (AvgIpc) is 2.15. The number of carbonyl (C=O) groups is 1. The van der Waals surface area contributed by atoms with Gasteiger partial charge in [-0.2, -0.15) is 0 Å². The number of ether oxygens (including phenoxy) is 1. The molecule has 0 aromatic rings. The lowest BCUT2D eigenvalue weighted by atomic mass is 9.93. The molecule has 1 fully saturated rings. The normalized spacial score (nSPS) is 21.3. The second-order valence-corrected chi connectivity index (χ2v) is 3.59. The van der Waals surface area contributed by atoms with Crippen LogP contribution in [0, 0.1) is 5.92 Å². The molecule has 1 amide bonds. The lowest BCUT2D eigenvalue weighted by molar-refractivity contribution is -0.117. The lowest BCUT2D eigenvalue weighted by Crippen LogP contribution is -2.41. The minimum atomic E-state index is -0.293. The SMILES string of the molecule is CC(NCC(N)=O)C1CCOCC1. The van der Waals surface area contributed by atoms with Crippen LogP contribution in [-0.2, 0) is 9.53 Å². The van der Waals surface area contributed by atoms with Crippen LogP contribution in [0.2, 0.25) is 0 Å². The van der Waals surface area contributed by atoms with Gasteiger partial charge in [0.05, 0.1) is 6.54 Å². The van der Waals surface area contributed by atoms with Gasteiger partial charge in [0.1, 0.15) is 0 Å². The summed E-state index contributed by atoms with van der Waals surface area (Å²) in [6, 6.07) is 0.358. The van der Waals surface area contributed by atoms with E-state index in [1.807, 2.05) is 0 Å². The standard InChI is InChI=1S/C9H18N2O2/c1-7(11-6-9(10)12)8-2-4-13-5-3-8/h7-8,11H,2-6H2,1H3,(H2,10,12). The highest BCUT2D eigenvalue weighted by atomic mass is 16.5. The molecule has 1 aliphatic heterocycles. The molecular weight excluding hydrogens is 168 g/mol. The fourth-order valence-corrected chi connectivity index (χ4v) is 1.64. The van der Waals surface area contributed by atoms with Gasteiger partial charge in [0, 0.05) is 19.3 Å². The molecule has 1 atom stereocenters. The number of nitrogens with two attached hydrogens (primary N) is 1. The van der Waals surface area contributed by atoms with E-state index in [4.69, 9.17) is 10.5 Å². The molecule has 0 radical (unpaired) electrons. The highest BCUT2D eigenvalue weighted by Crippen LogP contribution is 2.18. The minimum Gasteiger partial charge on any atom is -0.381 e. The Morgan fingerprint density at radius 2 is 2.23 bits per heavy atom. The van der Waals surface area contributed by atoms with Gasteiger partial charge in [0.15, 0.2) is 0 Å². The molecule has 1 heterocycles. The van der Waals surface area contributed by atoms with Gasteiger partial charge < -0.3 is 15.8 Å². The van der Waals surface area contributed by atoms with Crippen molar-refractivity contribution in [1.29, 1.82) is 0 Å². The fourth-order valence-electron chi connectivity index (χ4n) is 1.64. The van der Waals surface area contributed by atoms with Crippen molar-refractivity contribution in [3.05, 3.63) is 0 Å². The van der Waals surface area contributed by atoms with Gasteiger partial charge in [-0.25, -0.2) is 0 Å². The molecule has 4 nitrogen and oxygen atoms in total. The summed E-state index contributed by atoms with van der Waals surface area (Å²) in [5.74, 6) is 0.326. The third-order valence-electron chi connectivity index (χ3n) is 2.57. The third-order valence-corrected chi connectivity index (χ3v) is 2.57. The summed E-state index contributed by atoms with van der Waals surface area (Å²) >= 11 is 0. The smallest absolute Gasteiger partial charge is 0.231 e. The van der Waals surface area contributed by atoms with Crippen LogP contribution in [-0.4, -0.2) is 31.7 Å². The van der Waals surface area contributed by atoms with Crippen LogP contribution >= 0.6 is 0 Å². The first-order valence-corrected chi connectivity index (χ1v) is 4.79. The van der Waals surface area contributed by atoms with Gasteiger partial charge in [-0.15, -0.1) is 0 Å². The topological polar surface area (TPSA) is 64.3 Å². The zero-order chi connectivity index (χ0) is 9.68. The molecule has 4 heteroatoms. The van der Waals surface area contributed by atoms with E-state index in [0.717, 1.165) is 26.1 Å². The molecule has 0 spiro atoms. The maximum Gasteiger partial charge on any atom is 0.231 e. The zero-order valence-electron chi connectivity index (χ0n) is 8.08. The first kappa shape index (κ1) is 10.5. The molecule has 0 aromatic heterocycles. The van der Waals surface area contributed by atoms with E-state index in [0.29, 0.717) is 12.0 Å². The second-order valence-electron chi connectivity index (χ2n) is 3.59. The van der Waals surface area contributed by atoms with Gasteiger partial charge in [0.2, 0.25) is 5.91 Å². The molecule has 76 valence electrons. The predicted molar refractivity (Wildman–Crippen MR) is 50.2 cm³/mol. The molecule has 1 rings (SSSR count). The van der Waals surface area contributed by atoms with E-state index < -0.39 is 0 Å². The van der Waals surface area contributed by atoms with E-state index in [1.54, 1.807) is 0 Å². The van der Waals surface area contributed by atoms with Crippen molar-refractivity contribution in [1.82, 2.24) is 5.32 Å². The molecule has 1 saturated heterocycles. The van der Waals surface area contributed by atoms with Gasteiger partial charge in [-0.3, -0.25) is 4.79 Å². The second kappa shape index (κ2) is 5.19. The maximum atomic E-state index is 10.5. The van der Waals surface area contributed by atoms with Crippen molar-refractivity contribution in [3.63, 3.8) is 0 Å². The quantitative estimate of drug-likeness (QED) is 0.643. The number of hydrogen-bond donors (Lipinski definition) is 2. The third kappa shape index (κ3) is 3.74. The number of amides is 1. The Kier molecular flexibility index (Phi) is 4.18. The Morgan fingerprint density at radius 3 is 2.77 bits per heavy atom. The summed E-state index contributed by atoms with van der Waals surface area (Å²) in [5.41, 5.74) is 5.04. The first-order valence-electron chi connectivity index (χ1n) is 4.79. The molecule has 1 unspecified atom stereocenters. The number of primary amides is 1. The molecule has 13 heavy (non-hydrogen) atoms. The van der Waals surface area contributed by atoms with Crippen molar-refractivity contribution in [2.45, 2.75) is 25.8 Å². The van der Waals surface area contributed by atoms with E-state index in [9.17, 15) is 4.79 Å². The van der Waals surface area contributed by atoms with Crippen molar-refractivity contribution in [3.8, 4) is 0 Å². The van der Waals surface area contributed by atoms with E-state index in [-0.39, 0.29) is 12.5 Å². The van der Waals surface area contributed by atoms with Crippen molar-refractivity contribution < 1.29 is 9.53 Å². The van der Waals surface area contributed by atoms with Crippen LogP contribution in [0.1, 0.15) is 19.8 Å². The van der Waals surface area contributed by atoms with Gasteiger partial charge in [-0.1, -0.05) is 0 Å². The summed E-state index contributed by atoms with van der Waals surface area (Å²) in [6.07, 6.45) is 2.15. The number of rotatable bonds is 4. The molecule has 0 aliphatic carbocycles. The molecule has 0 aromatic carbocycles. The Bertz CT molecular complexity index is 167. The van der Waals surface area contributed by atoms with Crippen LogP contribution < -0.4 is 11.1 Å². The zero-order valence-corrected chi connectivity index (χ0v) is 8.08. The van der Waals surface area contributed by atoms with Gasteiger partial charge in [-0.05, 0) is 25.7 Å². The van der Waals surface area contributed by atoms with Gasteiger partial charge in [0.25, 0.3) is 0 Å². The average molecular weight is 186 g/mol.